The van der Waals surface area contributed by atoms with Gasteiger partial charge in [0.1, 0.15) is 0 Å². The first kappa shape index (κ1) is 7.77. The van der Waals surface area contributed by atoms with Crippen LogP contribution >= 0.6 is 0 Å². The van der Waals surface area contributed by atoms with Crippen molar-refractivity contribution in [1.82, 2.24) is 4.98 Å². The minimum Gasteiger partial charge on any atom is -0.262 e. The van der Waals surface area contributed by atoms with Crippen LogP contribution in [0.4, 0.5) is 0 Å². The molecule has 1 heterocycles. The standard InChI is InChI=1S/C6H7N.Zn/c1-6-4-2-3-5-7-6;/h2-5H,1H3;. The fourth-order valence-electron chi connectivity index (χ4n) is 0.448. The molecule has 0 aromatic carbocycles. The van der Waals surface area contributed by atoms with Gasteiger partial charge in [-0.25, -0.2) is 0 Å². The van der Waals surface area contributed by atoms with Crippen molar-refractivity contribution in [2.24, 2.45) is 0 Å². The average Bonchev–Trinajstić information content (AvgIpc) is 1.69. The van der Waals surface area contributed by atoms with Crippen LogP contribution < -0.4 is 0 Å². The summed E-state index contributed by atoms with van der Waals surface area (Å²) in [5.41, 5.74) is 1.07. The van der Waals surface area contributed by atoms with E-state index in [9.17, 15) is 0 Å². The van der Waals surface area contributed by atoms with Gasteiger partial charge in [0.15, 0.2) is 0 Å². The van der Waals surface area contributed by atoms with Crippen LogP contribution in [0.25, 0.3) is 0 Å². The van der Waals surface area contributed by atoms with Gasteiger partial charge in [0.25, 0.3) is 0 Å². The molecule has 1 nitrogen and oxygen atoms in total. The molecule has 0 atom stereocenters. The summed E-state index contributed by atoms with van der Waals surface area (Å²) in [4.78, 5) is 3.98. The molecule has 1 aromatic heterocycles. The minimum absolute atomic E-state index is 0. The predicted molar refractivity (Wildman–Crippen MR) is 29.0 cm³/mol. The molecule has 0 aliphatic carbocycles. The Morgan fingerprint density at radius 3 is 2.38 bits per heavy atom. The largest absolute Gasteiger partial charge is 0.262 e. The Morgan fingerprint density at radius 1 is 1.38 bits per heavy atom. The number of pyridine rings is 1. The predicted octanol–water partition coefficient (Wildman–Crippen LogP) is 1.39. The van der Waals surface area contributed by atoms with Crippen LogP contribution in [0.5, 0.6) is 0 Å². The zero-order valence-electron chi connectivity index (χ0n) is 4.96. The van der Waals surface area contributed by atoms with Crippen molar-refractivity contribution in [2.45, 2.75) is 6.92 Å². The summed E-state index contributed by atoms with van der Waals surface area (Å²) >= 11 is 0. The van der Waals surface area contributed by atoms with Crippen molar-refractivity contribution in [3.8, 4) is 0 Å². The van der Waals surface area contributed by atoms with Crippen LogP contribution in [0, 0.1) is 6.92 Å². The maximum atomic E-state index is 3.98. The van der Waals surface area contributed by atoms with Crippen molar-refractivity contribution >= 4 is 0 Å². The number of aromatic nitrogens is 1. The molecular formula is C6H7NZn. The Balaban J connectivity index is 0.000000490. The second-order valence-electron chi connectivity index (χ2n) is 1.47. The van der Waals surface area contributed by atoms with E-state index in [1.54, 1.807) is 6.20 Å². The molecule has 0 spiro atoms. The van der Waals surface area contributed by atoms with Crippen LogP contribution in [0.2, 0.25) is 0 Å². The second kappa shape index (κ2) is 3.74. The van der Waals surface area contributed by atoms with Crippen LogP contribution in [-0.2, 0) is 19.5 Å². The first-order valence-corrected chi connectivity index (χ1v) is 2.27. The summed E-state index contributed by atoms with van der Waals surface area (Å²) < 4.78 is 0. The SMILES string of the molecule is Cc1ccccn1.[Zn]. The van der Waals surface area contributed by atoms with Crippen molar-refractivity contribution in [3.63, 3.8) is 0 Å². The van der Waals surface area contributed by atoms with Crippen molar-refractivity contribution in [2.75, 3.05) is 0 Å². The van der Waals surface area contributed by atoms with Gasteiger partial charge in [-0.3, -0.25) is 4.98 Å². The third-order valence-corrected chi connectivity index (χ3v) is 0.813. The molecule has 0 radical (unpaired) electrons. The number of hydrogen-bond donors (Lipinski definition) is 0. The van der Waals surface area contributed by atoms with Crippen molar-refractivity contribution in [1.29, 1.82) is 0 Å². The van der Waals surface area contributed by atoms with Crippen LogP contribution in [0.15, 0.2) is 24.4 Å². The summed E-state index contributed by atoms with van der Waals surface area (Å²) in [6.07, 6.45) is 1.79. The molecule has 0 saturated heterocycles. The maximum absolute atomic E-state index is 3.98. The fourth-order valence-corrected chi connectivity index (χ4v) is 0.448. The minimum atomic E-state index is 0. The normalized spacial score (nSPS) is 7.62. The van der Waals surface area contributed by atoms with Gasteiger partial charge < -0.3 is 0 Å². The number of aryl methyl sites for hydroxylation is 1. The fraction of sp³-hybridized carbons (Fsp3) is 0.167. The van der Waals surface area contributed by atoms with Gasteiger partial charge in [0.2, 0.25) is 0 Å². The monoisotopic (exact) mass is 157 g/mol. The summed E-state index contributed by atoms with van der Waals surface area (Å²) in [6.45, 7) is 1.97. The molecule has 38 valence electrons. The Kier molecular flexibility index (Phi) is 3.63. The van der Waals surface area contributed by atoms with E-state index in [1.807, 2.05) is 25.1 Å². The molecule has 0 aliphatic rings. The van der Waals surface area contributed by atoms with Gasteiger partial charge >= 0.3 is 0 Å². The van der Waals surface area contributed by atoms with Gasteiger partial charge in [-0.05, 0) is 19.1 Å². The Bertz CT molecular complexity index is 138. The van der Waals surface area contributed by atoms with Crippen LogP contribution in [0.1, 0.15) is 5.69 Å². The molecule has 1 rings (SSSR count). The molecule has 0 amide bonds. The third-order valence-electron chi connectivity index (χ3n) is 0.813. The summed E-state index contributed by atoms with van der Waals surface area (Å²) in [5, 5.41) is 0. The molecule has 0 N–H and O–H groups in total. The smallest absolute Gasteiger partial charge is 0.0372 e. The molecule has 2 heteroatoms. The summed E-state index contributed by atoms with van der Waals surface area (Å²) in [6, 6.07) is 5.86. The molecule has 0 bridgehead atoms. The van der Waals surface area contributed by atoms with Gasteiger partial charge in [-0.2, -0.15) is 0 Å². The zero-order valence-corrected chi connectivity index (χ0v) is 7.93. The molecular weight excluding hydrogens is 151 g/mol. The van der Waals surface area contributed by atoms with E-state index in [0.717, 1.165) is 5.69 Å². The first-order chi connectivity index (χ1) is 3.39. The molecule has 0 fully saturated rings. The second-order valence-corrected chi connectivity index (χ2v) is 1.47. The zero-order chi connectivity index (χ0) is 5.11. The molecule has 8 heavy (non-hydrogen) atoms. The van der Waals surface area contributed by atoms with Crippen LogP contribution in [0.3, 0.4) is 0 Å². The van der Waals surface area contributed by atoms with Gasteiger partial charge in [-0.15, -0.1) is 0 Å². The third kappa shape index (κ3) is 2.18. The Labute approximate surface area is 61.9 Å². The molecule has 0 aliphatic heterocycles. The van der Waals surface area contributed by atoms with Crippen molar-refractivity contribution in [3.05, 3.63) is 30.1 Å². The maximum Gasteiger partial charge on any atom is 0.0372 e. The quantitative estimate of drug-likeness (QED) is 0.520. The molecule has 0 saturated carbocycles. The first-order valence-electron chi connectivity index (χ1n) is 2.27. The van der Waals surface area contributed by atoms with E-state index in [-0.39, 0.29) is 19.5 Å². The topological polar surface area (TPSA) is 12.9 Å². The van der Waals surface area contributed by atoms with E-state index in [2.05, 4.69) is 4.98 Å². The van der Waals surface area contributed by atoms with Crippen molar-refractivity contribution < 1.29 is 19.5 Å². The van der Waals surface area contributed by atoms with Gasteiger partial charge in [-0.1, -0.05) is 6.07 Å². The van der Waals surface area contributed by atoms with E-state index in [0.29, 0.717) is 0 Å². The molecule has 0 unspecified atom stereocenters. The summed E-state index contributed by atoms with van der Waals surface area (Å²) in [5.74, 6) is 0. The van der Waals surface area contributed by atoms with Crippen LogP contribution in [-0.4, -0.2) is 4.98 Å². The summed E-state index contributed by atoms with van der Waals surface area (Å²) in [7, 11) is 0. The number of nitrogens with zero attached hydrogens (tertiary/aromatic N) is 1. The van der Waals surface area contributed by atoms with E-state index in [1.165, 1.54) is 0 Å². The Hall–Kier alpha value is -0.227. The number of hydrogen-bond acceptors (Lipinski definition) is 1. The Morgan fingerprint density at radius 2 is 2.12 bits per heavy atom. The average molecular weight is 159 g/mol. The molecule has 1 aromatic rings. The van der Waals surface area contributed by atoms with E-state index in [4.69, 9.17) is 0 Å². The van der Waals surface area contributed by atoms with E-state index >= 15 is 0 Å². The van der Waals surface area contributed by atoms with Gasteiger partial charge in [0, 0.05) is 31.4 Å². The van der Waals surface area contributed by atoms with Gasteiger partial charge in [0.05, 0.1) is 0 Å². The number of rotatable bonds is 0. The van der Waals surface area contributed by atoms with E-state index < -0.39 is 0 Å².